The summed E-state index contributed by atoms with van der Waals surface area (Å²) in [7, 11) is 0. The molecule has 0 radical (unpaired) electrons. The minimum absolute atomic E-state index is 0.0686. The molecule has 0 aliphatic carbocycles. The van der Waals surface area contributed by atoms with E-state index >= 15 is 0 Å². The van der Waals surface area contributed by atoms with Gasteiger partial charge >= 0.3 is 5.97 Å². The molecule has 0 saturated heterocycles. The van der Waals surface area contributed by atoms with E-state index in [9.17, 15) is 4.79 Å². The molecule has 2 aliphatic heterocycles. The van der Waals surface area contributed by atoms with Crippen molar-refractivity contribution in [3.8, 4) is 0 Å². The third kappa shape index (κ3) is 5.22. The Labute approximate surface area is 238 Å². The van der Waals surface area contributed by atoms with Gasteiger partial charge < -0.3 is 4.74 Å². The minimum atomic E-state index is -0.195. The molecule has 2 aliphatic rings. The van der Waals surface area contributed by atoms with E-state index in [0.717, 1.165) is 0 Å². The smallest absolute Gasteiger partial charge is 0.320 e. The Morgan fingerprint density at radius 2 is 0.974 bits per heavy atom. The van der Waals surface area contributed by atoms with Gasteiger partial charge in [0, 0.05) is 21.0 Å². The number of nitrogens with zero attached hydrogens (tertiary/aromatic N) is 1. The molecule has 194 valence electrons. The first-order valence-electron chi connectivity index (χ1n) is 13.2. The predicted octanol–water partition coefficient (Wildman–Crippen LogP) is 8.13. The Morgan fingerprint density at radius 3 is 1.33 bits per heavy atom. The number of hydrogen-bond donors (Lipinski definition) is 0. The molecule has 3 nitrogen and oxygen atoms in total. The van der Waals surface area contributed by atoms with Gasteiger partial charge in [-0.1, -0.05) is 121 Å². The van der Waals surface area contributed by atoms with Crippen molar-refractivity contribution >= 4 is 50.4 Å². The van der Waals surface area contributed by atoms with Crippen molar-refractivity contribution in [1.82, 2.24) is 4.90 Å². The van der Waals surface area contributed by atoms with Crippen molar-refractivity contribution in [1.29, 1.82) is 0 Å². The Hall–Kier alpha value is -3.51. The molecule has 0 fully saturated rings. The van der Waals surface area contributed by atoms with Crippen LogP contribution in [0.15, 0.2) is 121 Å². The summed E-state index contributed by atoms with van der Waals surface area (Å²) in [4.78, 5) is 17.9. The highest BCUT2D eigenvalue weighted by Gasteiger charge is 2.46. The number of fused-ring (bicyclic) bond motifs is 2. The minimum Gasteiger partial charge on any atom is -0.465 e. The summed E-state index contributed by atoms with van der Waals surface area (Å²) in [6.07, 6.45) is 0. The number of esters is 1. The average molecular weight is 548 g/mol. The summed E-state index contributed by atoms with van der Waals surface area (Å²) in [6, 6.07) is 42.5. The van der Waals surface area contributed by atoms with Crippen LogP contribution in [0.5, 0.6) is 0 Å². The van der Waals surface area contributed by atoms with E-state index in [2.05, 4.69) is 126 Å². The van der Waals surface area contributed by atoms with E-state index in [1.165, 1.54) is 43.2 Å². The number of ether oxygens (including phenoxy) is 1. The second-order valence-electron chi connectivity index (χ2n) is 9.37. The molecule has 0 spiro atoms. The molecule has 0 aromatic heterocycles. The second-order valence-corrected chi connectivity index (χ2v) is 11.5. The molecule has 2 atom stereocenters. The lowest BCUT2D eigenvalue weighted by Crippen LogP contribution is -2.49. The standard InChI is InChI=1S/C34H29NO2S2/c1-2-37-28(36)23-35-33-29(24-15-7-3-8-16-24)31(26-19-11-5-12-20-26)38-34(35)30(25-17-9-4-10-18-25)32(39-33)27-21-13-6-14-22-27/h3-22,33-34H,2,23H2,1H3. The van der Waals surface area contributed by atoms with Crippen LogP contribution in [0, 0.1) is 0 Å². The molecule has 6 rings (SSSR count). The summed E-state index contributed by atoms with van der Waals surface area (Å²) in [5, 5.41) is -0.137. The first kappa shape index (κ1) is 25.8. The third-order valence-corrected chi connectivity index (χ3v) is 9.75. The van der Waals surface area contributed by atoms with Gasteiger partial charge in [-0.3, -0.25) is 9.69 Å². The van der Waals surface area contributed by atoms with Crippen LogP contribution >= 0.6 is 23.5 Å². The van der Waals surface area contributed by atoms with Crippen LogP contribution in [0.2, 0.25) is 0 Å². The Bertz CT molecular complexity index is 1400. The number of hydrogen-bond acceptors (Lipinski definition) is 5. The predicted molar refractivity (Wildman–Crippen MR) is 165 cm³/mol. The highest BCUT2D eigenvalue weighted by Crippen LogP contribution is 2.60. The van der Waals surface area contributed by atoms with Crippen LogP contribution in [-0.2, 0) is 9.53 Å². The summed E-state index contributed by atoms with van der Waals surface area (Å²) in [6.45, 7) is 2.46. The second kappa shape index (κ2) is 11.7. The number of thioether (sulfide) groups is 2. The van der Waals surface area contributed by atoms with Crippen LogP contribution < -0.4 is 0 Å². The molecule has 0 N–H and O–H groups in total. The first-order chi connectivity index (χ1) is 19.2. The highest BCUT2D eigenvalue weighted by atomic mass is 32.2. The fourth-order valence-corrected chi connectivity index (χ4v) is 8.55. The van der Waals surface area contributed by atoms with E-state index in [-0.39, 0.29) is 23.3 Å². The van der Waals surface area contributed by atoms with Gasteiger partial charge in [0.1, 0.15) is 0 Å². The van der Waals surface area contributed by atoms with Crippen molar-refractivity contribution < 1.29 is 9.53 Å². The van der Waals surface area contributed by atoms with Crippen LogP contribution in [-0.4, -0.2) is 34.8 Å². The van der Waals surface area contributed by atoms with Crippen molar-refractivity contribution in [3.05, 3.63) is 144 Å². The van der Waals surface area contributed by atoms with Gasteiger partial charge in [0.25, 0.3) is 0 Å². The zero-order chi connectivity index (χ0) is 26.6. The van der Waals surface area contributed by atoms with E-state index in [4.69, 9.17) is 4.74 Å². The molecular formula is C34H29NO2S2. The molecule has 39 heavy (non-hydrogen) atoms. The highest BCUT2D eigenvalue weighted by molar-refractivity contribution is 8.12. The molecule has 2 unspecified atom stereocenters. The first-order valence-corrected chi connectivity index (χ1v) is 14.9. The summed E-state index contributed by atoms with van der Waals surface area (Å²) in [5.41, 5.74) is 7.20. The lowest BCUT2D eigenvalue weighted by Gasteiger charge is -2.48. The average Bonchev–Trinajstić information content (AvgIpc) is 2.99. The van der Waals surface area contributed by atoms with Crippen molar-refractivity contribution in [2.75, 3.05) is 13.2 Å². The third-order valence-electron chi connectivity index (χ3n) is 6.90. The molecule has 0 saturated carbocycles. The Morgan fingerprint density at radius 1 is 0.615 bits per heavy atom. The zero-order valence-corrected chi connectivity index (χ0v) is 23.3. The van der Waals surface area contributed by atoms with E-state index in [1.807, 2.05) is 30.4 Å². The largest absolute Gasteiger partial charge is 0.465 e. The van der Waals surface area contributed by atoms with Gasteiger partial charge in [-0.25, -0.2) is 0 Å². The van der Waals surface area contributed by atoms with Crippen LogP contribution in [0.4, 0.5) is 0 Å². The maximum Gasteiger partial charge on any atom is 0.320 e. The molecule has 2 bridgehead atoms. The van der Waals surface area contributed by atoms with Gasteiger partial charge in [-0.05, 0) is 29.2 Å². The Balaban J connectivity index is 1.60. The van der Waals surface area contributed by atoms with E-state index < -0.39 is 0 Å². The zero-order valence-electron chi connectivity index (χ0n) is 21.7. The summed E-state index contributed by atoms with van der Waals surface area (Å²) in [5.74, 6) is -0.195. The monoisotopic (exact) mass is 547 g/mol. The fourth-order valence-electron chi connectivity index (χ4n) is 5.21. The SMILES string of the molecule is CCOC(=O)CN1C2SC(c3ccccc3)=C(c3ccccc3)C1SC(c1ccccc1)=C2c1ccccc1. The summed E-state index contributed by atoms with van der Waals surface area (Å²) >= 11 is 3.68. The molecule has 4 aromatic carbocycles. The van der Waals surface area contributed by atoms with Crippen molar-refractivity contribution in [2.45, 2.75) is 17.7 Å². The van der Waals surface area contributed by atoms with Gasteiger partial charge in [0.05, 0.1) is 23.9 Å². The lowest BCUT2D eigenvalue weighted by atomic mass is 9.97. The van der Waals surface area contributed by atoms with E-state index in [1.54, 1.807) is 0 Å². The van der Waals surface area contributed by atoms with Gasteiger partial charge in [0.2, 0.25) is 0 Å². The molecule has 5 heteroatoms. The summed E-state index contributed by atoms with van der Waals surface area (Å²) < 4.78 is 5.48. The Kier molecular flexibility index (Phi) is 7.73. The topological polar surface area (TPSA) is 29.5 Å². The van der Waals surface area contributed by atoms with Crippen molar-refractivity contribution in [2.24, 2.45) is 0 Å². The lowest BCUT2D eigenvalue weighted by molar-refractivity contribution is -0.144. The normalized spacial score (nSPS) is 19.2. The van der Waals surface area contributed by atoms with Crippen LogP contribution in [0.3, 0.4) is 0 Å². The number of benzene rings is 4. The van der Waals surface area contributed by atoms with Gasteiger partial charge in [-0.2, -0.15) is 0 Å². The number of carbonyl (C=O) groups excluding carboxylic acids is 1. The quantitative estimate of drug-likeness (QED) is 0.218. The van der Waals surface area contributed by atoms with Crippen LogP contribution in [0.1, 0.15) is 29.2 Å². The maximum atomic E-state index is 13.0. The molecule has 2 heterocycles. The van der Waals surface area contributed by atoms with Gasteiger partial charge in [-0.15, -0.1) is 23.5 Å². The molecule has 0 amide bonds. The molecule has 4 aromatic rings. The van der Waals surface area contributed by atoms with Gasteiger partial charge in [0.15, 0.2) is 0 Å². The number of carbonyl (C=O) groups is 1. The van der Waals surface area contributed by atoms with Crippen molar-refractivity contribution in [3.63, 3.8) is 0 Å². The van der Waals surface area contributed by atoms with E-state index in [0.29, 0.717) is 6.61 Å². The van der Waals surface area contributed by atoms with Crippen LogP contribution in [0.25, 0.3) is 21.0 Å². The maximum absolute atomic E-state index is 13.0. The number of rotatable bonds is 7. The fraction of sp³-hybridized carbons (Fsp3) is 0.147. The molecular weight excluding hydrogens is 519 g/mol.